The van der Waals surface area contributed by atoms with Gasteiger partial charge in [-0.15, -0.1) is 0 Å². The second-order valence-electron chi connectivity index (χ2n) is 4.63. The fourth-order valence-electron chi connectivity index (χ4n) is 2.09. The van der Waals surface area contributed by atoms with Crippen LogP contribution in [0.4, 0.5) is 17.1 Å². The predicted molar refractivity (Wildman–Crippen MR) is 80.6 cm³/mol. The van der Waals surface area contributed by atoms with Crippen LogP contribution in [-0.2, 0) is 0 Å². The molecule has 0 saturated carbocycles. The van der Waals surface area contributed by atoms with Crippen LogP contribution >= 0.6 is 0 Å². The van der Waals surface area contributed by atoms with E-state index in [1.165, 1.54) is 5.56 Å². The molecule has 0 saturated heterocycles. The van der Waals surface area contributed by atoms with E-state index in [0.29, 0.717) is 0 Å². The van der Waals surface area contributed by atoms with Crippen LogP contribution in [0.5, 0.6) is 0 Å². The molecule has 1 aromatic heterocycles. The highest BCUT2D eigenvalue weighted by Gasteiger charge is 2.01. The summed E-state index contributed by atoms with van der Waals surface area (Å²) in [5, 5.41) is 4.46. The van der Waals surface area contributed by atoms with Gasteiger partial charge in [0.05, 0.1) is 16.9 Å². The lowest BCUT2D eigenvalue weighted by Gasteiger charge is -2.10. The predicted octanol–water partition coefficient (Wildman–Crippen LogP) is 3.87. The van der Waals surface area contributed by atoms with E-state index in [4.69, 9.17) is 5.73 Å². The number of nitrogens with one attached hydrogen (secondary N) is 1. The molecule has 0 aliphatic heterocycles. The van der Waals surface area contributed by atoms with Gasteiger partial charge in [-0.2, -0.15) is 0 Å². The fraction of sp³-hybridized carbons (Fsp3) is 0.0625. The third-order valence-corrected chi connectivity index (χ3v) is 3.09. The summed E-state index contributed by atoms with van der Waals surface area (Å²) in [6, 6.07) is 16.0. The standard InChI is InChI=1S/C16H15N3/c1-11-4-6-14(17)16(9-11)19-13-5-7-15-12(10-13)3-2-8-18-15/h2-10,19H,17H2,1H3. The first-order chi connectivity index (χ1) is 9.22. The Hall–Kier alpha value is -2.55. The minimum absolute atomic E-state index is 0.747. The number of rotatable bonds is 2. The zero-order valence-corrected chi connectivity index (χ0v) is 10.7. The molecule has 2 aromatic carbocycles. The Balaban J connectivity index is 1.98. The van der Waals surface area contributed by atoms with Gasteiger partial charge in [0, 0.05) is 17.3 Å². The van der Waals surface area contributed by atoms with Gasteiger partial charge in [0.2, 0.25) is 0 Å². The highest BCUT2D eigenvalue weighted by atomic mass is 14.9. The number of pyridine rings is 1. The highest BCUT2D eigenvalue weighted by Crippen LogP contribution is 2.26. The zero-order valence-electron chi connectivity index (χ0n) is 10.7. The van der Waals surface area contributed by atoms with Crippen LogP contribution in [-0.4, -0.2) is 4.98 Å². The number of aromatic nitrogens is 1. The molecule has 3 rings (SSSR count). The van der Waals surface area contributed by atoms with Crippen molar-refractivity contribution in [2.75, 3.05) is 11.1 Å². The molecule has 0 aliphatic carbocycles. The van der Waals surface area contributed by atoms with Gasteiger partial charge in [-0.05, 0) is 48.9 Å². The second-order valence-corrected chi connectivity index (χ2v) is 4.63. The molecule has 0 bridgehead atoms. The van der Waals surface area contributed by atoms with Gasteiger partial charge < -0.3 is 11.1 Å². The van der Waals surface area contributed by atoms with Gasteiger partial charge in [-0.3, -0.25) is 4.98 Å². The fourth-order valence-corrected chi connectivity index (χ4v) is 2.09. The van der Waals surface area contributed by atoms with Crippen LogP contribution in [0.2, 0.25) is 0 Å². The van der Waals surface area contributed by atoms with Crippen LogP contribution in [0, 0.1) is 6.92 Å². The van der Waals surface area contributed by atoms with Crippen molar-refractivity contribution in [3.63, 3.8) is 0 Å². The van der Waals surface area contributed by atoms with E-state index in [0.717, 1.165) is 28.0 Å². The summed E-state index contributed by atoms with van der Waals surface area (Å²) in [5.41, 5.74) is 10.8. The molecule has 0 amide bonds. The number of nitrogen functional groups attached to an aromatic ring is 1. The van der Waals surface area contributed by atoms with Gasteiger partial charge >= 0.3 is 0 Å². The maximum absolute atomic E-state index is 5.98. The lowest BCUT2D eigenvalue weighted by molar-refractivity contribution is 1.41. The molecule has 3 heteroatoms. The van der Waals surface area contributed by atoms with Crippen LogP contribution in [0.1, 0.15) is 5.56 Å². The molecule has 3 aromatic rings. The number of nitrogens with two attached hydrogens (primary N) is 1. The number of benzene rings is 2. The Morgan fingerprint density at radius 2 is 1.95 bits per heavy atom. The number of aryl methyl sites for hydroxylation is 1. The maximum atomic E-state index is 5.98. The second kappa shape index (κ2) is 4.61. The smallest absolute Gasteiger partial charge is 0.0703 e. The number of nitrogens with zero attached hydrogens (tertiary/aromatic N) is 1. The van der Waals surface area contributed by atoms with E-state index in [-0.39, 0.29) is 0 Å². The zero-order chi connectivity index (χ0) is 13.2. The lowest BCUT2D eigenvalue weighted by Crippen LogP contribution is -1.96. The number of fused-ring (bicyclic) bond motifs is 1. The minimum atomic E-state index is 0.747. The van der Waals surface area contributed by atoms with Gasteiger partial charge in [-0.1, -0.05) is 12.1 Å². The van der Waals surface area contributed by atoms with Crippen LogP contribution in [0.25, 0.3) is 10.9 Å². The van der Waals surface area contributed by atoms with Crippen molar-refractivity contribution < 1.29 is 0 Å². The lowest BCUT2D eigenvalue weighted by atomic mass is 10.1. The minimum Gasteiger partial charge on any atom is -0.397 e. The summed E-state index contributed by atoms with van der Waals surface area (Å²) in [5.74, 6) is 0. The first kappa shape index (κ1) is 11.5. The van der Waals surface area contributed by atoms with E-state index >= 15 is 0 Å². The molecule has 0 radical (unpaired) electrons. The van der Waals surface area contributed by atoms with E-state index in [1.54, 1.807) is 6.20 Å². The van der Waals surface area contributed by atoms with Crippen LogP contribution in [0.15, 0.2) is 54.7 Å². The van der Waals surface area contributed by atoms with Crippen molar-refractivity contribution in [3.8, 4) is 0 Å². The van der Waals surface area contributed by atoms with Gasteiger partial charge in [-0.25, -0.2) is 0 Å². The van der Waals surface area contributed by atoms with E-state index in [1.807, 2.05) is 42.5 Å². The summed E-state index contributed by atoms with van der Waals surface area (Å²) < 4.78 is 0. The number of hydrogen-bond donors (Lipinski definition) is 2. The first-order valence-corrected chi connectivity index (χ1v) is 6.20. The largest absolute Gasteiger partial charge is 0.397 e. The monoisotopic (exact) mass is 249 g/mol. The molecule has 3 nitrogen and oxygen atoms in total. The Morgan fingerprint density at radius 1 is 1.05 bits per heavy atom. The Labute approximate surface area is 112 Å². The van der Waals surface area contributed by atoms with Gasteiger partial charge in [0.25, 0.3) is 0 Å². The highest BCUT2D eigenvalue weighted by molar-refractivity contribution is 5.84. The summed E-state index contributed by atoms with van der Waals surface area (Å²) in [6.45, 7) is 2.05. The molecular weight excluding hydrogens is 234 g/mol. The third kappa shape index (κ3) is 2.36. The van der Waals surface area contributed by atoms with Crippen molar-refractivity contribution in [2.45, 2.75) is 6.92 Å². The van der Waals surface area contributed by atoms with Crippen LogP contribution < -0.4 is 11.1 Å². The maximum Gasteiger partial charge on any atom is 0.0703 e. The molecular formula is C16H15N3. The van der Waals surface area contributed by atoms with E-state index in [2.05, 4.69) is 23.3 Å². The molecule has 0 atom stereocenters. The van der Waals surface area contributed by atoms with Crippen molar-refractivity contribution in [1.29, 1.82) is 0 Å². The third-order valence-electron chi connectivity index (χ3n) is 3.09. The molecule has 0 spiro atoms. The van der Waals surface area contributed by atoms with Gasteiger partial charge in [0.15, 0.2) is 0 Å². The van der Waals surface area contributed by atoms with Crippen molar-refractivity contribution in [2.24, 2.45) is 0 Å². The summed E-state index contributed by atoms with van der Waals surface area (Å²) in [4.78, 5) is 4.31. The Morgan fingerprint density at radius 3 is 2.84 bits per heavy atom. The van der Waals surface area contributed by atoms with Gasteiger partial charge in [0.1, 0.15) is 0 Å². The molecule has 19 heavy (non-hydrogen) atoms. The molecule has 1 heterocycles. The first-order valence-electron chi connectivity index (χ1n) is 6.20. The van der Waals surface area contributed by atoms with Crippen molar-refractivity contribution in [3.05, 3.63) is 60.3 Å². The number of hydrogen-bond acceptors (Lipinski definition) is 3. The SMILES string of the molecule is Cc1ccc(N)c(Nc2ccc3ncccc3c2)c1. The molecule has 0 aliphatic rings. The van der Waals surface area contributed by atoms with Crippen molar-refractivity contribution in [1.82, 2.24) is 4.98 Å². The summed E-state index contributed by atoms with van der Waals surface area (Å²) in [6.07, 6.45) is 1.80. The van der Waals surface area contributed by atoms with Crippen LogP contribution in [0.3, 0.4) is 0 Å². The molecule has 0 fully saturated rings. The van der Waals surface area contributed by atoms with Crippen molar-refractivity contribution >= 4 is 28.0 Å². The normalized spacial score (nSPS) is 10.6. The Bertz CT molecular complexity index is 735. The Kier molecular flexibility index (Phi) is 2.80. The van der Waals surface area contributed by atoms with E-state index in [9.17, 15) is 0 Å². The average Bonchev–Trinajstić information content (AvgIpc) is 2.43. The molecule has 3 N–H and O–H groups in total. The average molecular weight is 249 g/mol. The molecule has 94 valence electrons. The van der Waals surface area contributed by atoms with E-state index < -0.39 is 0 Å². The summed E-state index contributed by atoms with van der Waals surface area (Å²) in [7, 11) is 0. The topological polar surface area (TPSA) is 50.9 Å². The summed E-state index contributed by atoms with van der Waals surface area (Å²) >= 11 is 0. The molecule has 0 unspecified atom stereocenters. The number of anilines is 3. The quantitative estimate of drug-likeness (QED) is 0.678.